The molecule has 0 amide bonds. The Bertz CT molecular complexity index is 1810. The molecule has 49 heavy (non-hydrogen) atoms. The predicted octanol–water partition coefficient (Wildman–Crippen LogP) is -2.76. The third-order valence-corrected chi connectivity index (χ3v) is 7.71. The van der Waals surface area contributed by atoms with Crippen molar-refractivity contribution in [1.29, 1.82) is 0 Å². The first kappa shape index (κ1) is 42.1. The van der Waals surface area contributed by atoms with Crippen molar-refractivity contribution in [2.24, 2.45) is 0 Å². The Kier molecular flexibility index (Phi) is 14.0. The van der Waals surface area contributed by atoms with Crippen LogP contribution in [0, 0.1) is 0 Å². The summed E-state index contributed by atoms with van der Waals surface area (Å²) in [6.07, 6.45) is -2.51. The number of aliphatic hydroxyl groups is 2. The number of nitrogens with two attached hydrogens (primary N) is 2. The minimum absolute atomic E-state index is 0. The normalized spacial score (nSPS) is 23.7. The predicted molar refractivity (Wildman–Crippen MR) is 160 cm³/mol. The molecule has 0 unspecified atom stereocenters. The summed E-state index contributed by atoms with van der Waals surface area (Å²) < 4.78 is 44.0. The van der Waals surface area contributed by atoms with Gasteiger partial charge in [0.15, 0.2) is 22.3 Å². The van der Waals surface area contributed by atoms with Crippen molar-refractivity contribution in [2.45, 2.75) is 49.7 Å². The molecule has 0 spiro atoms. The molecule has 0 bridgehead atoms. The van der Waals surface area contributed by atoms with Crippen LogP contribution in [0.3, 0.4) is 0 Å². The van der Waals surface area contributed by atoms with Crippen molar-refractivity contribution >= 4 is 49.9 Å². The van der Waals surface area contributed by atoms with Gasteiger partial charge in [0.1, 0.15) is 24.7 Å². The summed E-state index contributed by atoms with van der Waals surface area (Å²) in [4.78, 5) is 78.6. The molecular formula is C20H34N12O14P2Pt. The molecule has 6 atom stereocenters. The number of aromatic nitrogens is 8. The molecule has 0 radical (unpaired) electrons. The number of phosphoric acid groups is 2. The second kappa shape index (κ2) is 16.3. The summed E-state index contributed by atoms with van der Waals surface area (Å²) in [6.45, 7) is -0.963. The van der Waals surface area contributed by atoms with Crippen molar-refractivity contribution in [3.63, 3.8) is 0 Å². The zero-order chi connectivity index (χ0) is 33.6. The number of hydrogen-bond acceptors (Lipinski definition) is 18. The van der Waals surface area contributed by atoms with Gasteiger partial charge >= 0.3 is 15.6 Å². The van der Waals surface area contributed by atoms with Crippen molar-refractivity contribution < 1.29 is 78.5 Å². The summed E-state index contributed by atoms with van der Waals surface area (Å²) in [5.41, 5.74) is 10.5. The van der Waals surface area contributed by atoms with Crippen LogP contribution in [-0.4, -0.2) is 106 Å². The maximum atomic E-state index is 11.7. The monoisotopic (exact) mass is 923 g/mol. The van der Waals surface area contributed by atoms with Gasteiger partial charge in [0.2, 0.25) is 11.9 Å². The third-order valence-electron chi connectivity index (χ3n) is 6.74. The van der Waals surface area contributed by atoms with Crippen LogP contribution in [0.2, 0.25) is 0 Å². The fraction of sp³-hybridized carbons (Fsp3) is 0.500. The van der Waals surface area contributed by atoms with Crippen LogP contribution in [0.5, 0.6) is 0 Å². The Morgan fingerprint density at radius 1 is 0.776 bits per heavy atom. The molecule has 6 rings (SSSR count). The number of aromatic amines is 2. The van der Waals surface area contributed by atoms with E-state index in [0.29, 0.717) is 0 Å². The van der Waals surface area contributed by atoms with Gasteiger partial charge in [0.25, 0.3) is 11.1 Å². The number of hydrogen-bond donors (Lipinski definition) is 12. The van der Waals surface area contributed by atoms with Crippen LogP contribution in [0.4, 0.5) is 11.9 Å². The maximum absolute atomic E-state index is 11.7. The number of imidazole rings is 2. The van der Waals surface area contributed by atoms with Crippen LogP contribution < -0.4 is 34.9 Å². The minimum atomic E-state index is -4.66. The van der Waals surface area contributed by atoms with Crippen molar-refractivity contribution in [1.82, 2.24) is 51.3 Å². The zero-order valence-corrected chi connectivity index (χ0v) is 28.9. The molecule has 26 nitrogen and oxygen atoms in total. The topological polar surface area (TPSA) is 442 Å². The average molecular weight is 924 g/mol. The average Bonchev–Trinajstić information content (AvgIpc) is 3.71. The number of nitrogens with one attached hydrogen (secondary N) is 2. The van der Waals surface area contributed by atoms with Crippen LogP contribution in [-0.2, 0) is 48.7 Å². The van der Waals surface area contributed by atoms with Crippen molar-refractivity contribution in [2.75, 3.05) is 24.7 Å². The standard InChI is InChI=1S/2C10H14N5O7P.2H3N.Pt/c2*11-10-13-8-7(9(17)14-10)12-3-15(8)6-1-4(16)5(22-6)2-21-23(18,19)20;;;/h2*3-6,16H,1-2H2,(H2,18,19,20)(H3,11,13,14,17);2*1H3;/t2*4-,5+,6+;;;/m00.../s1. The molecule has 4 aromatic rings. The van der Waals surface area contributed by atoms with E-state index in [1.165, 1.54) is 21.8 Å². The Hall–Kier alpha value is -3.03. The van der Waals surface area contributed by atoms with E-state index in [9.17, 15) is 28.9 Å². The van der Waals surface area contributed by atoms with E-state index >= 15 is 0 Å². The molecule has 0 saturated carbocycles. The number of nitrogen functional groups attached to an aromatic ring is 2. The van der Waals surface area contributed by atoms with Gasteiger partial charge in [-0.3, -0.25) is 37.7 Å². The Labute approximate surface area is 287 Å². The second-order valence-corrected chi connectivity index (χ2v) is 12.5. The van der Waals surface area contributed by atoms with Gasteiger partial charge in [-0.15, -0.1) is 0 Å². The number of anilines is 2. The fourth-order valence-electron chi connectivity index (χ4n) is 4.72. The molecule has 18 N–H and O–H groups in total. The first-order valence-corrected chi connectivity index (χ1v) is 16.1. The molecule has 0 aromatic carbocycles. The Morgan fingerprint density at radius 2 is 1.12 bits per heavy atom. The first-order valence-electron chi connectivity index (χ1n) is 13.0. The SMILES string of the molecule is N.N.Nc1nc2c(ncn2[C@H]2C[C@H](O)[C@@H](COP(=O)(O)O)O2)c(=O)[nH]1.Nc1nc2c(ncn2[C@H]2C[C@H](O)[C@@H](COP(=O)(O)O)O2)c(=O)[nH]1.[Pt]. The molecule has 2 fully saturated rings. The van der Waals surface area contributed by atoms with E-state index < -0.39 is 76.8 Å². The molecule has 2 saturated heterocycles. The summed E-state index contributed by atoms with van der Waals surface area (Å²) in [6, 6.07) is 0. The summed E-state index contributed by atoms with van der Waals surface area (Å²) in [5, 5.41) is 19.9. The molecule has 29 heteroatoms. The van der Waals surface area contributed by atoms with E-state index in [4.69, 9.17) is 40.5 Å². The van der Waals surface area contributed by atoms with Crippen molar-refractivity contribution in [3.8, 4) is 0 Å². The van der Waals surface area contributed by atoms with Gasteiger partial charge in [-0.2, -0.15) is 9.97 Å². The summed E-state index contributed by atoms with van der Waals surface area (Å²) in [7, 11) is -9.32. The first-order chi connectivity index (χ1) is 21.5. The van der Waals surface area contributed by atoms with E-state index in [1.54, 1.807) is 0 Å². The molecule has 2 aliphatic heterocycles. The molecule has 6 heterocycles. The summed E-state index contributed by atoms with van der Waals surface area (Å²) >= 11 is 0. The van der Waals surface area contributed by atoms with E-state index in [-0.39, 0.29) is 80.4 Å². The fourth-order valence-corrected chi connectivity index (χ4v) is 5.40. The van der Waals surface area contributed by atoms with Crippen LogP contribution in [0.1, 0.15) is 25.3 Å². The zero-order valence-electron chi connectivity index (χ0n) is 24.9. The van der Waals surface area contributed by atoms with Gasteiger partial charge in [0.05, 0.1) is 38.1 Å². The van der Waals surface area contributed by atoms with Crippen LogP contribution in [0.15, 0.2) is 22.2 Å². The number of phosphoric ester groups is 2. The summed E-state index contributed by atoms with van der Waals surface area (Å²) in [5.74, 6) is -0.187. The number of nitrogens with zero attached hydrogens (tertiary/aromatic N) is 6. The quantitative estimate of drug-likeness (QED) is 0.0797. The number of H-pyrrole nitrogens is 2. The molecular weight excluding hydrogens is 889 g/mol. The van der Waals surface area contributed by atoms with Gasteiger partial charge in [0, 0.05) is 33.9 Å². The van der Waals surface area contributed by atoms with Crippen LogP contribution in [0.25, 0.3) is 22.3 Å². The third kappa shape index (κ3) is 10.0. The van der Waals surface area contributed by atoms with Gasteiger partial charge < -0.3 is 63.0 Å². The van der Waals surface area contributed by atoms with Gasteiger partial charge in [-0.1, -0.05) is 0 Å². The Morgan fingerprint density at radius 3 is 1.45 bits per heavy atom. The molecule has 278 valence electrons. The van der Waals surface area contributed by atoms with E-state index in [2.05, 4.69) is 39.0 Å². The smallest absolute Gasteiger partial charge is 0.390 e. The molecule has 4 aromatic heterocycles. The second-order valence-electron chi connectivity index (χ2n) is 9.99. The molecule has 2 aliphatic rings. The van der Waals surface area contributed by atoms with Crippen molar-refractivity contribution in [3.05, 3.63) is 33.4 Å². The van der Waals surface area contributed by atoms with Gasteiger partial charge in [-0.25, -0.2) is 19.1 Å². The number of ether oxygens (including phenoxy) is 2. The largest absolute Gasteiger partial charge is 0.469 e. The maximum Gasteiger partial charge on any atom is 0.469 e. The Balaban J connectivity index is 0.000000321. The van der Waals surface area contributed by atoms with Gasteiger partial charge in [-0.05, 0) is 0 Å². The van der Waals surface area contributed by atoms with Crippen LogP contribution >= 0.6 is 15.6 Å². The number of fused-ring (bicyclic) bond motifs is 2. The number of aliphatic hydroxyl groups excluding tert-OH is 2. The number of rotatable bonds is 8. The van der Waals surface area contributed by atoms with E-state index in [1.807, 2.05) is 0 Å². The molecule has 0 aliphatic carbocycles. The van der Waals surface area contributed by atoms with E-state index in [0.717, 1.165) is 0 Å². The minimum Gasteiger partial charge on any atom is -0.390 e.